The van der Waals surface area contributed by atoms with Gasteiger partial charge in [-0.3, -0.25) is 0 Å². The third kappa shape index (κ3) is 3.69. The van der Waals surface area contributed by atoms with Crippen molar-refractivity contribution in [1.29, 1.82) is 0 Å². The molecule has 0 amide bonds. The summed E-state index contributed by atoms with van der Waals surface area (Å²) in [7, 11) is 0. The molecule has 0 aliphatic rings. The summed E-state index contributed by atoms with van der Waals surface area (Å²) in [5.74, 6) is 0. The first-order valence-electron chi connectivity index (χ1n) is 7.03. The SMILES string of the molecule is C=C(C)COCCNC(C)c1sc2ccccc2c1C. The van der Waals surface area contributed by atoms with Gasteiger partial charge in [0.2, 0.25) is 0 Å². The summed E-state index contributed by atoms with van der Waals surface area (Å²) in [5.41, 5.74) is 2.46. The lowest BCUT2D eigenvalue weighted by molar-refractivity contribution is 0.156. The van der Waals surface area contributed by atoms with Crippen LogP contribution in [0.5, 0.6) is 0 Å². The second-order valence-electron chi connectivity index (χ2n) is 5.27. The molecule has 2 rings (SSSR count). The lowest BCUT2D eigenvalue weighted by atomic mass is 10.1. The van der Waals surface area contributed by atoms with Gasteiger partial charge in [0.05, 0.1) is 13.2 Å². The molecule has 1 unspecified atom stereocenters. The molecule has 0 saturated heterocycles. The van der Waals surface area contributed by atoms with Crippen molar-refractivity contribution in [2.45, 2.75) is 26.8 Å². The molecule has 0 bridgehead atoms. The Bertz CT molecular complexity index is 588. The number of hydrogen-bond donors (Lipinski definition) is 1. The summed E-state index contributed by atoms with van der Waals surface area (Å²) in [5, 5.41) is 4.90. The average molecular weight is 289 g/mol. The zero-order valence-electron chi connectivity index (χ0n) is 12.5. The molecule has 0 aliphatic carbocycles. The molecule has 2 nitrogen and oxygen atoms in total. The summed E-state index contributed by atoms with van der Waals surface area (Å²) in [6, 6.07) is 8.97. The molecule has 1 atom stereocenters. The Morgan fingerprint density at radius 3 is 2.85 bits per heavy atom. The summed E-state index contributed by atoms with van der Waals surface area (Å²) in [4.78, 5) is 1.42. The normalized spacial score (nSPS) is 12.8. The maximum Gasteiger partial charge on any atom is 0.0672 e. The zero-order valence-corrected chi connectivity index (χ0v) is 13.3. The molecule has 0 fully saturated rings. The number of fused-ring (bicyclic) bond motifs is 1. The van der Waals surface area contributed by atoms with E-state index >= 15 is 0 Å². The van der Waals surface area contributed by atoms with Crippen molar-refractivity contribution >= 4 is 21.4 Å². The number of nitrogens with one attached hydrogen (secondary N) is 1. The predicted molar refractivity (Wildman–Crippen MR) is 88.6 cm³/mol. The lowest BCUT2D eigenvalue weighted by Gasteiger charge is -2.13. The van der Waals surface area contributed by atoms with E-state index in [0.717, 1.165) is 18.7 Å². The number of ether oxygens (including phenoxy) is 1. The lowest BCUT2D eigenvalue weighted by Crippen LogP contribution is -2.23. The quantitative estimate of drug-likeness (QED) is 0.600. The monoisotopic (exact) mass is 289 g/mol. The van der Waals surface area contributed by atoms with Crippen LogP contribution in [0, 0.1) is 6.92 Å². The van der Waals surface area contributed by atoms with Crippen molar-refractivity contribution in [2.75, 3.05) is 19.8 Å². The molecule has 108 valence electrons. The molecular formula is C17H23NOS. The van der Waals surface area contributed by atoms with Crippen LogP contribution in [0.4, 0.5) is 0 Å². The molecule has 1 N–H and O–H groups in total. The van der Waals surface area contributed by atoms with Gasteiger partial charge in [0.15, 0.2) is 0 Å². The number of rotatable bonds is 7. The van der Waals surface area contributed by atoms with Gasteiger partial charge >= 0.3 is 0 Å². The van der Waals surface area contributed by atoms with Gasteiger partial charge in [0.25, 0.3) is 0 Å². The molecule has 0 spiro atoms. The van der Waals surface area contributed by atoms with Crippen LogP contribution in [-0.4, -0.2) is 19.8 Å². The highest BCUT2D eigenvalue weighted by atomic mass is 32.1. The van der Waals surface area contributed by atoms with E-state index in [1.54, 1.807) is 0 Å². The van der Waals surface area contributed by atoms with E-state index in [9.17, 15) is 0 Å². The molecule has 0 aliphatic heterocycles. The van der Waals surface area contributed by atoms with Crippen molar-refractivity contribution in [2.24, 2.45) is 0 Å². The minimum Gasteiger partial charge on any atom is -0.376 e. The van der Waals surface area contributed by atoms with Gasteiger partial charge in [-0.1, -0.05) is 30.4 Å². The molecule has 1 aromatic carbocycles. The fourth-order valence-electron chi connectivity index (χ4n) is 2.29. The molecule has 20 heavy (non-hydrogen) atoms. The Hall–Kier alpha value is -1.16. The van der Waals surface area contributed by atoms with E-state index in [-0.39, 0.29) is 0 Å². The summed E-state index contributed by atoms with van der Waals surface area (Å²) >= 11 is 1.88. The maximum atomic E-state index is 5.51. The number of benzene rings is 1. The largest absolute Gasteiger partial charge is 0.376 e. The van der Waals surface area contributed by atoms with Crippen LogP contribution in [0.2, 0.25) is 0 Å². The van der Waals surface area contributed by atoms with Crippen LogP contribution in [0.3, 0.4) is 0 Å². The number of thiophene rings is 1. The highest BCUT2D eigenvalue weighted by Gasteiger charge is 2.13. The van der Waals surface area contributed by atoms with Gasteiger partial charge in [-0.05, 0) is 37.8 Å². The standard InChI is InChI=1S/C17H23NOS/c1-12(2)11-19-10-9-18-14(4)17-13(3)15-7-5-6-8-16(15)20-17/h5-8,14,18H,1,9-11H2,2-4H3. The predicted octanol–water partition coefficient (Wildman–Crippen LogP) is 4.45. The molecular weight excluding hydrogens is 266 g/mol. The van der Waals surface area contributed by atoms with Gasteiger partial charge in [-0.15, -0.1) is 11.3 Å². The molecule has 1 aromatic heterocycles. The fourth-order valence-corrected chi connectivity index (χ4v) is 3.53. The Labute approximate surface area is 125 Å². The van der Waals surface area contributed by atoms with E-state index in [1.165, 1.54) is 20.5 Å². The summed E-state index contributed by atoms with van der Waals surface area (Å²) in [6.07, 6.45) is 0. The molecule has 0 saturated carbocycles. The van der Waals surface area contributed by atoms with E-state index < -0.39 is 0 Å². The third-order valence-corrected chi connectivity index (χ3v) is 4.77. The van der Waals surface area contributed by atoms with E-state index in [0.29, 0.717) is 12.6 Å². The van der Waals surface area contributed by atoms with E-state index in [2.05, 4.69) is 50.0 Å². The van der Waals surface area contributed by atoms with Crippen LogP contribution in [-0.2, 0) is 4.74 Å². The smallest absolute Gasteiger partial charge is 0.0672 e. The minimum absolute atomic E-state index is 0.362. The second kappa shape index (κ2) is 7.02. The van der Waals surface area contributed by atoms with E-state index in [1.807, 2.05) is 18.3 Å². The Balaban J connectivity index is 1.92. The number of aryl methyl sites for hydroxylation is 1. The average Bonchev–Trinajstić information content (AvgIpc) is 2.76. The van der Waals surface area contributed by atoms with Gasteiger partial charge < -0.3 is 10.1 Å². The van der Waals surface area contributed by atoms with E-state index in [4.69, 9.17) is 4.74 Å². The van der Waals surface area contributed by atoms with Gasteiger partial charge in [0.1, 0.15) is 0 Å². The first kappa shape index (κ1) is 15.2. The summed E-state index contributed by atoms with van der Waals surface area (Å²) in [6.45, 7) is 12.5. The van der Waals surface area contributed by atoms with Crippen molar-refractivity contribution in [3.05, 3.63) is 46.9 Å². The van der Waals surface area contributed by atoms with Crippen molar-refractivity contribution < 1.29 is 4.74 Å². The van der Waals surface area contributed by atoms with Crippen LogP contribution < -0.4 is 5.32 Å². The first-order chi connectivity index (χ1) is 9.59. The Morgan fingerprint density at radius 1 is 1.40 bits per heavy atom. The fraction of sp³-hybridized carbons (Fsp3) is 0.412. The van der Waals surface area contributed by atoms with Crippen LogP contribution in [0.15, 0.2) is 36.4 Å². The first-order valence-corrected chi connectivity index (χ1v) is 7.84. The zero-order chi connectivity index (χ0) is 14.5. The molecule has 3 heteroatoms. The Kier molecular flexibility index (Phi) is 5.35. The second-order valence-corrected chi connectivity index (χ2v) is 6.36. The Morgan fingerprint density at radius 2 is 2.15 bits per heavy atom. The van der Waals surface area contributed by atoms with Gasteiger partial charge in [0, 0.05) is 22.2 Å². The van der Waals surface area contributed by atoms with Crippen LogP contribution in [0.25, 0.3) is 10.1 Å². The highest BCUT2D eigenvalue weighted by Crippen LogP contribution is 2.34. The summed E-state index contributed by atoms with van der Waals surface area (Å²) < 4.78 is 6.88. The molecule has 1 heterocycles. The van der Waals surface area contributed by atoms with Crippen molar-refractivity contribution in [3.63, 3.8) is 0 Å². The number of hydrogen-bond acceptors (Lipinski definition) is 3. The highest BCUT2D eigenvalue weighted by molar-refractivity contribution is 7.19. The van der Waals surface area contributed by atoms with Crippen molar-refractivity contribution in [3.8, 4) is 0 Å². The van der Waals surface area contributed by atoms with Crippen molar-refractivity contribution in [1.82, 2.24) is 5.32 Å². The van der Waals surface area contributed by atoms with Gasteiger partial charge in [-0.2, -0.15) is 0 Å². The van der Waals surface area contributed by atoms with Crippen LogP contribution >= 0.6 is 11.3 Å². The molecule has 2 aromatic rings. The van der Waals surface area contributed by atoms with Gasteiger partial charge in [-0.25, -0.2) is 0 Å². The third-order valence-electron chi connectivity index (χ3n) is 3.32. The topological polar surface area (TPSA) is 21.3 Å². The minimum atomic E-state index is 0.362. The molecule has 0 radical (unpaired) electrons. The maximum absolute atomic E-state index is 5.51. The van der Waals surface area contributed by atoms with Crippen LogP contribution in [0.1, 0.15) is 30.3 Å².